The Hall–Kier alpha value is -2.97. The van der Waals surface area contributed by atoms with Gasteiger partial charge < -0.3 is 9.88 Å². The van der Waals surface area contributed by atoms with Gasteiger partial charge in [-0.05, 0) is 35.9 Å². The Bertz CT molecular complexity index is 1140. The molecule has 1 heterocycles. The molecular weight excluding hydrogens is 400 g/mol. The predicted octanol–water partition coefficient (Wildman–Crippen LogP) is 3.61. The molecule has 3 aromatic rings. The molecule has 7 nitrogen and oxygen atoms in total. The molecule has 2 aromatic carbocycles. The van der Waals surface area contributed by atoms with Gasteiger partial charge in [-0.2, -0.15) is 0 Å². The van der Waals surface area contributed by atoms with Crippen LogP contribution in [0.5, 0.6) is 0 Å². The van der Waals surface area contributed by atoms with Crippen LogP contribution in [0.1, 0.15) is 48.4 Å². The fourth-order valence-corrected chi connectivity index (χ4v) is 4.27. The van der Waals surface area contributed by atoms with Crippen molar-refractivity contribution in [3.8, 4) is 0 Å². The van der Waals surface area contributed by atoms with Gasteiger partial charge in [-0.25, -0.2) is 18.1 Å². The number of nitrogens with zero attached hydrogens (tertiary/aromatic N) is 2. The van der Waals surface area contributed by atoms with Crippen LogP contribution >= 0.6 is 0 Å². The van der Waals surface area contributed by atoms with E-state index in [0.29, 0.717) is 18.2 Å². The molecule has 0 aliphatic rings. The molecule has 0 unspecified atom stereocenters. The largest absolute Gasteiger partial charge is 0.330 e. The SMILES string of the molecule is CCNS(=O)(=O)c1cccc(C(=O)Nc2cccc(Cn3ccnc3C(C)C)c2)c1. The minimum atomic E-state index is -3.62. The molecule has 1 amide bonds. The van der Waals surface area contributed by atoms with Crippen molar-refractivity contribution in [3.63, 3.8) is 0 Å². The summed E-state index contributed by atoms with van der Waals surface area (Å²) >= 11 is 0. The minimum absolute atomic E-state index is 0.0621. The predicted molar refractivity (Wildman–Crippen MR) is 117 cm³/mol. The van der Waals surface area contributed by atoms with Gasteiger partial charge in [-0.3, -0.25) is 4.79 Å². The average molecular weight is 427 g/mol. The summed E-state index contributed by atoms with van der Waals surface area (Å²) < 4.78 is 28.9. The van der Waals surface area contributed by atoms with Crippen LogP contribution in [0.3, 0.4) is 0 Å². The highest BCUT2D eigenvalue weighted by atomic mass is 32.2. The van der Waals surface area contributed by atoms with E-state index < -0.39 is 10.0 Å². The first kappa shape index (κ1) is 21.7. The summed E-state index contributed by atoms with van der Waals surface area (Å²) in [6, 6.07) is 13.6. The Morgan fingerprint density at radius 1 is 1.13 bits per heavy atom. The first-order valence-corrected chi connectivity index (χ1v) is 11.3. The minimum Gasteiger partial charge on any atom is -0.330 e. The molecule has 0 bridgehead atoms. The molecule has 158 valence electrons. The molecule has 0 aliphatic carbocycles. The molecule has 1 aromatic heterocycles. The molecule has 30 heavy (non-hydrogen) atoms. The van der Waals surface area contributed by atoms with Gasteiger partial charge >= 0.3 is 0 Å². The van der Waals surface area contributed by atoms with Gasteiger partial charge in [0.2, 0.25) is 10.0 Å². The number of anilines is 1. The summed E-state index contributed by atoms with van der Waals surface area (Å²) in [7, 11) is -3.62. The quantitative estimate of drug-likeness (QED) is 0.575. The maximum Gasteiger partial charge on any atom is 0.255 e. The van der Waals surface area contributed by atoms with Crippen molar-refractivity contribution in [1.29, 1.82) is 0 Å². The Balaban J connectivity index is 1.76. The van der Waals surface area contributed by atoms with Crippen molar-refractivity contribution in [1.82, 2.24) is 14.3 Å². The zero-order valence-corrected chi connectivity index (χ0v) is 18.1. The van der Waals surface area contributed by atoms with Crippen LogP contribution in [-0.4, -0.2) is 30.4 Å². The molecule has 8 heteroatoms. The number of rotatable bonds is 8. The van der Waals surface area contributed by atoms with Gasteiger partial charge in [0.15, 0.2) is 0 Å². The summed E-state index contributed by atoms with van der Waals surface area (Å²) in [5.41, 5.74) is 1.94. The van der Waals surface area contributed by atoms with Crippen molar-refractivity contribution in [3.05, 3.63) is 77.9 Å². The van der Waals surface area contributed by atoms with Crippen molar-refractivity contribution >= 4 is 21.6 Å². The van der Waals surface area contributed by atoms with E-state index in [4.69, 9.17) is 0 Å². The van der Waals surface area contributed by atoms with E-state index in [1.807, 2.05) is 24.4 Å². The lowest BCUT2D eigenvalue weighted by atomic mass is 10.1. The normalized spacial score (nSPS) is 11.6. The topological polar surface area (TPSA) is 93.1 Å². The molecule has 0 radical (unpaired) electrons. The van der Waals surface area contributed by atoms with Crippen LogP contribution < -0.4 is 10.0 Å². The molecular formula is C22H26N4O3S. The monoisotopic (exact) mass is 426 g/mol. The zero-order valence-electron chi connectivity index (χ0n) is 17.3. The van der Waals surface area contributed by atoms with Crippen LogP contribution in [0.25, 0.3) is 0 Å². The Morgan fingerprint density at radius 2 is 1.90 bits per heavy atom. The highest BCUT2D eigenvalue weighted by Gasteiger charge is 2.15. The summed E-state index contributed by atoms with van der Waals surface area (Å²) in [5.74, 6) is 0.947. The summed E-state index contributed by atoms with van der Waals surface area (Å²) in [4.78, 5) is 17.1. The second-order valence-electron chi connectivity index (χ2n) is 7.25. The Kier molecular flexibility index (Phi) is 6.69. The molecule has 0 fully saturated rings. The Morgan fingerprint density at radius 3 is 2.63 bits per heavy atom. The molecule has 0 spiro atoms. The van der Waals surface area contributed by atoms with Crippen molar-refractivity contribution in [2.45, 2.75) is 38.1 Å². The number of amides is 1. The number of nitrogens with one attached hydrogen (secondary N) is 2. The number of hydrogen-bond donors (Lipinski definition) is 2. The standard InChI is InChI=1S/C22H26N4O3S/c1-4-24-30(28,29)20-10-6-8-18(14-20)22(27)25-19-9-5-7-17(13-19)15-26-12-11-23-21(26)16(2)3/h5-14,16,24H,4,15H2,1-3H3,(H,25,27). The third kappa shape index (κ3) is 5.14. The fraction of sp³-hybridized carbons (Fsp3) is 0.273. The first-order chi connectivity index (χ1) is 14.3. The third-order valence-electron chi connectivity index (χ3n) is 4.54. The van der Waals surface area contributed by atoms with Crippen LogP contribution in [0.4, 0.5) is 5.69 Å². The summed E-state index contributed by atoms with van der Waals surface area (Å²) in [5, 5.41) is 2.85. The van der Waals surface area contributed by atoms with E-state index in [1.165, 1.54) is 12.1 Å². The molecule has 0 aliphatic heterocycles. The zero-order chi connectivity index (χ0) is 21.7. The number of aromatic nitrogens is 2. The summed E-state index contributed by atoms with van der Waals surface area (Å²) in [6.07, 6.45) is 3.73. The fourth-order valence-electron chi connectivity index (χ4n) is 3.18. The van der Waals surface area contributed by atoms with Gasteiger partial charge in [0, 0.05) is 42.7 Å². The average Bonchev–Trinajstić information content (AvgIpc) is 3.17. The van der Waals surface area contributed by atoms with Crippen LogP contribution in [0, 0.1) is 0 Å². The van der Waals surface area contributed by atoms with Gasteiger partial charge in [0.1, 0.15) is 5.82 Å². The second kappa shape index (κ2) is 9.23. The highest BCUT2D eigenvalue weighted by molar-refractivity contribution is 7.89. The molecule has 2 N–H and O–H groups in total. The first-order valence-electron chi connectivity index (χ1n) is 9.81. The maximum atomic E-state index is 12.7. The van der Waals surface area contributed by atoms with Gasteiger partial charge in [-0.1, -0.05) is 39.0 Å². The Labute approximate surface area is 177 Å². The number of carbonyl (C=O) groups excluding carboxylic acids is 1. The van der Waals surface area contributed by atoms with Crippen LogP contribution in [-0.2, 0) is 16.6 Å². The summed E-state index contributed by atoms with van der Waals surface area (Å²) in [6.45, 7) is 6.82. The number of imidazole rings is 1. The van der Waals surface area contributed by atoms with Gasteiger partial charge in [-0.15, -0.1) is 0 Å². The highest BCUT2D eigenvalue weighted by Crippen LogP contribution is 2.18. The van der Waals surface area contributed by atoms with Crippen LogP contribution in [0.2, 0.25) is 0 Å². The molecule has 3 rings (SSSR count). The van der Waals surface area contributed by atoms with E-state index in [1.54, 1.807) is 31.3 Å². The number of carbonyl (C=O) groups is 1. The second-order valence-corrected chi connectivity index (χ2v) is 9.02. The van der Waals surface area contributed by atoms with Crippen molar-refractivity contribution in [2.75, 3.05) is 11.9 Å². The smallest absolute Gasteiger partial charge is 0.255 e. The van der Waals surface area contributed by atoms with Gasteiger partial charge in [0.25, 0.3) is 5.91 Å². The van der Waals surface area contributed by atoms with Crippen molar-refractivity contribution in [2.24, 2.45) is 0 Å². The van der Waals surface area contributed by atoms with Gasteiger partial charge in [0.05, 0.1) is 4.90 Å². The lowest BCUT2D eigenvalue weighted by Crippen LogP contribution is -2.23. The van der Waals surface area contributed by atoms with E-state index in [0.717, 1.165) is 11.4 Å². The molecule has 0 atom stereocenters. The van der Waals surface area contributed by atoms with E-state index in [9.17, 15) is 13.2 Å². The third-order valence-corrected chi connectivity index (χ3v) is 6.09. The lowest BCUT2D eigenvalue weighted by molar-refractivity contribution is 0.102. The lowest BCUT2D eigenvalue weighted by Gasteiger charge is -2.12. The number of hydrogen-bond acceptors (Lipinski definition) is 4. The van der Waals surface area contributed by atoms with E-state index in [2.05, 4.69) is 33.4 Å². The van der Waals surface area contributed by atoms with E-state index in [-0.39, 0.29) is 22.9 Å². The van der Waals surface area contributed by atoms with E-state index >= 15 is 0 Å². The van der Waals surface area contributed by atoms with Crippen LogP contribution in [0.15, 0.2) is 65.8 Å². The number of sulfonamides is 1. The maximum absolute atomic E-state index is 12.7. The number of benzene rings is 2. The molecule has 0 saturated carbocycles. The molecule has 0 saturated heterocycles. The van der Waals surface area contributed by atoms with Crippen molar-refractivity contribution < 1.29 is 13.2 Å².